The Labute approximate surface area is 134 Å². The molecule has 0 spiro atoms. The van der Waals surface area contributed by atoms with Crippen molar-refractivity contribution in [3.8, 4) is 0 Å². The van der Waals surface area contributed by atoms with Gasteiger partial charge in [-0.15, -0.1) is 0 Å². The molecule has 0 aromatic carbocycles. The van der Waals surface area contributed by atoms with Crippen molar-refractivity contribution in [1.29, 1.82) is 0 Å². The Balaban J connectivity index is 2.05. The molecule has 3 atom stereocenters. The minimum Gasteiger partial charge on any atom is -0.790 e. The summed E-state index contributed by atoms with van der Waals surface area (Å²) in [6.45, 7) is -0.513. The Hall–Kier alpha value is -0.835. The van der Waals surface area contributed by atoms with Crippen LogP contribution in [0.5, 0.6) is 0 Å². The third kappa shape index (κ3) is 5.07. The monoisotopic (exact) mass is 346 g/mol. The van der Waals surface area contributed by atoms with E-state index in [1.807, 2.05) is 6.07 Å². The molecule has 128 valence electrons. The predicted octanol–water partition coefficient (Wildman–Crippen LogP) is -2.54. The summed E-state index contributed by atoms with van der Waals surface area (Å²) in [7, 11) is -2.61. The fourth-order valence-electron chi connectivity index (χ4n) is 2.41. The van der Waals surface area contributed by atoms with Crippen LogP contribution in [0.2, 0.25) is 0 Å². The van der Waals surface area contributed by atoms with E-state index in [-0.39, 0.29) is 6.42 Å². The SMILES string of the molecule is COB(OC)c1ccc[n+]([C@H]2C[C@@H](O)[C@@H](COP(=O)([O-])[O-])O2)c1. The summed E-state index contributed by atoms with van der Waals surface area (Å²) in [5, 5.41) is 9.93. The highest BCUT2D eigenvalue weighted by atomic mass is 31.2. The van der Waals surface area contributed by atoms with Crippen molar-refractivity contribution in [1.82, 2.24) is 0 Å². The van der Waals surface area contributed by atoms with E-state index in [1.165, 1.54) is 14.2 Å². The number of aromatic nitrogens is 1. The molecule has 1 N–H and O–H groups in total. The Kier molecular flexibility index (Phi) is 6.29. The maximum absolute atomic E-state index is 10.5. The van der Waals surface area contributed by atoms with E-state index in [0.717, 1.165) is 5.46 Å². The van der Waals surface area contributed by atoms with Crippen LogP contribution < -0.4 is 19.8 Å². The Bertz CT molecular complexity index is 566. The fraction of sp³-hybridized carbons (Fsp3) is 0.583. The van der Waals surface area contributed by atoms with Crippen LogP contribution in [0.15, 0.2) is 24.5 Å². The zero-order valence-electron chi connectivity index (χ0n) is 12.7. The third-order valence-corrected chi connectivity index (χ3v) is 3.94. The molecule has 11 heteroatoms. The van der Waals surface area contributed by atoms with Crippen LogP contribution in [0, 0.1) is 0 Å². The van der Waals surface area contributed by atoms with Gasteiger partial charge in [0.05, 0.1) is 27.0 Å². The molecule has 2 heterocycles. The first kappa shape index (κ1) is 18.5. The van der Waals surface area contributed by atoms with E-state index in [0.29, 0.717) is 0 Å². The van der Waals surface area contributed by atoms with E-state index in [1.54, 1.807) is 23.0 Å². The number of phosphoric ester groups is 1. The maximum Gasteiger partial charge on any atom is 0.499 e. The minimum absolute atomic E-state index is 0.231. The van der Waals surface area contributed by atoms with Gasteiger partial charge >= 0.3 is 7.12 Å². The van der Waals surface area contributed by atoms with Crippen LogP contribution >= 0.6 is 7.82 Å². The van der Waals surface area contributed by atoms with Gasteiger partial charge in [0.2, 0.25) is 0 Å². The lowest BCUT2D eigenvalue weighted by Gasteiger charge is -2.30. The average molecular weight is 346 g/mol. The molecule has 1 aliphatic heterocycles. The van der Waals surface area contributed by atoms with Crippen LogP contribution in [0.1, 0.15) is 12.6 Å². The number of pyridine rings is 1. The number of aliphatic hydroxyl groups excluding tert-OH is 1. The molecule has 1 saturated heterocycles. The molecule has 1 aromatic heterocycles. The number of nitrogens with zero attached hydrogens (tertiary/aromatic N) is 1. The van der Waals surface area contributed by atoms with Gasteiger partial charge in [-0.2, -0.15) is 4.57 Å². The van der Waals surface area contributed by atoms with Gasteiger partial charge in [0.25, 0.3) is 6.23 Å². The van der Waals surface area contributed by atoms with Crippen molar-refractivity contribution in [3.05, 3.63) is 24.5 Å². The van der Waals surface area contributed by atoms with Gasteiger partial charge in [0.15, 0.2) is 12.4 Å². The highest BCUT2D eigenvalue weighted by molar-refractivity contribution is 7.43. The summed E-state index contributed by atoms with van der Waals surface area (Å²) in [6, 6.07) is 3.58. The van der Waals surface area contributed by atoms with E-state index < -0.39 is 40.0 Å². The molecular formula is C12H18BNO8P-. The molecule has 23 heavy (non-hydrogen) atoms. The van der Waals surface area contributed by atoms with Gasteiger partial charge in [-0.05, 0) is 0 Å². The lowest BCUT2D eigenvalue weighted by Crippen LogP contribution is -2.46. The number of hydrogen-bond acceptors (Lipinski definition) is 8. The van der Waals surface area contributed by atoms with Crippen LogP contribution in [-0.2, 0) is 23.1 Å². The van der Waals surface area contributed by atoms with Gasteiger partial charge in [-0.3, -0.25) is 0 Å². The molecule has 0 aliphatic carbocycles. The average Bonchev–Trinajstić information content (AvgIpc) is 2.87. The van der Waals surface area contributed by atoms with Gasteiger partial charge in [0.1, 0.15) is 6.10 Å². The van der Waals surface area contributed by atoms with E-state index in [4.69, 9.17) is 14.0 Å². The quantitative estimate of drug-likeness (QED) is 0.325. The zero-order valence-corrected chi connectivity index (χ0v) is 13.6. The lowest BCUT2D eigenvalue weighted by atomic mass is 9.80. The summed E-state index contributed by atoms with van der Waals surface area (Å²) in [5.74, 6) is 0. The largest absolute Gasteiger partial charge is 0.790 e. The third-order valence-electron chi connectivity index (χ3n) is 3.48. The second-order valence-electron chi connectivity index (χ2n) is 5.06. The van der Waals surface area contributed by atoms with Crippen LogP contribution in [-0.4, -0.2) is 45.3 Å². The molecule has 0 saturated carbocycles. The number of ether oxygens (including phenoxy) is 1. The minimum atomic E-state index is -5.10. The Morgan fingerprint density at radius 2 is 2.17 bits per heavy atom. The number of aliphatic hydroxyl groups is 1. The van der Waals surface area contributed by atoms with Crippen LogP contribution in [0.25, 0.3) is 0 Å². The van der Waals surface area contributed by atoms with E-state index in [2.05, 4.69) is 4.52 Å². The number of hydrogen-bond donors (Lipinski definition) is 1. The first-order chi connectivity index (χ1) is 10.8. The molecule has 9 nitrogen and oxygen atoms in total. The molecule has 0 radical (unpaired) electrons. The standard InChI is InChI=1S/C12H19BNO8P/c1-19-13(20-2)9-4-3-5-14(7-9)12-6-10(15)11(22-12)8-21-23(16,17)18/h3-5,7,10-12,15H,6,8H2,1-2H3,(H-,16,17,18)/p-1/t10-,11-,12-/m1/s1. The highest BCUT2D eigenvalue weighted by Crippen LogP contribution is 2.30. The van der Waals surface area contributed by atoms with Crippen molar-refractivity contribution < 1.29 is 42.6 Å². The molecule has 1 fully saturated rings. The second-order valence-corrected chi connectivity index (χ2v) is 6.22. The maximum atomic E-state index is 10.5. The molecule has 0 bridgehead atoms. The van der Waals surface area contributed by atoms with Crippen molar-refractivity contribution in [3.63, 3.8) is 0 Å². The van der Waals surface area contributed by atoms with Gasteiger partial charge in [-0.25, -0.2) is 0 Å². The Morgan fingerprint density at radius 3 is 2.78 bits per heavy atom. The molecule has 0 unspecified atom stereocenters. The zero-order chi connectivity index (χ0) is 17.0. The summed E-state index contributed by atoms with van der Waals surface area (Å²) >= 11 is 0. The normalized spacial score (nSPS) is 24.8. The molecule has 0 amide bonds. The fourth-order valence-corrected chi connectivity index (χ4v) is 2.74. The van der Waals surface area contributed by atoms with Crippen LogP contribution in [0.4, 0.5) is 0 Å². The first-order valence-electron chi connectivity index (χ1n) is 6.90. The number of rotatable bonds is 7. The summed E-state index contributed by atoms with van der Waals surface area (Å²) in [5.41, 5.74) is 0.749. The van der Waals surface area contributed by atoms with Crippen molar-refractivity contribution in [2.45, 2.75) is 24.9 Å². The molecule has 1 aromatic rings. The van der Waals surface area contributed by atoms with Gasteiger partial charge < -0.3 is 38.0 Å². The Morgan fingerprint density at radius 1 is 1.48 bits per heavy atom. The molecular weight excluding hydrogens is 328 g/mol. The summed E-state index contributed by atoms with van der Waals surface area (Å²) in [6.07, 6.45) is 1.35. The van der Waals surface area contributed by atoms with E-state index in [9.17, 15) is 19.5 Å². The van der Waals surface area contributed by atoms with E-state index >= 15 is 0 Å². The predicted molar refractivity (Wildman–Crippen MR) is 74.1 cm³/mol. The summed E-state index contributed by atoms with van der Waals surface area (Å²) < 4.78 is 32.3. The molecule has 1 aliphatic rings. The van der Waals surface area contributed by atoms with Crippen molar-refractivity contribution in [2.24, 2.45) is 0 Å². The second kappa shape index (κ2) is 7.82. The van der Waals surface area contributed by atoms with Gasteiger partial charge in [0, 0.05) is 25.7 Å². The lowest BCUT2D eigenvalue weighted by molar-refractivity contribution is -0.758. The first-order valence-corrected chi connectivity index (χ1v) is 8.36. The highest BCUT2D eigenvalue weighted by Gasteiger charge is 2.40. The van der Waals surface area contributed by atoms with Crippen LogP contribution in [0.3, 0.4) is 0 Å². The van der Waals surface area contributed by atoms with Crippen molar-refractivity contribution in [2.75, 3.05) is 20.8 Å². The number of phosphoric acid groups is 1. The topological polar surface area (TPSA) is 124 Å². The van der Waals surface area contributed by atoms with Crippen molar-refractivity contribution >= 4 is 20.4 Å². The summed E-state index contributed by atoms with van der Waals surface area (Å²) in [4.78, 5) is 21.0. The van der Waals surface area contributed by atoms with Gasteiger partial charge in [-0.1, -0.05) is 6.07 Å². The molecule has 2 rings (SSSR count). The smallest absolute Gasteiger partial charge is 0.499 e.